The smallest absolute Gasteiger partial charge is 0.246 e. The van der Waals surface area contributed by atoms with Gasteiger partial charge in [0.2, 0.25) is 5.91 Å². The summed E-state index contributed by atoms with van der Waals surface area (Å²) in [6.07, 6.45) is 0. The minimum absolute atomic E-state index is 0.0897. The molecule has 0 bridgehead atoms. The van der Waals surface area contributed by atoms with E-state index >= 15 is 0 Å². The van der Waals surface area contributed by atoms with E-state index in [0.717, 1.165) is 11.3 Å². The van der Waals surface area contributed by atoms with Crippen molar-refractivity contribution >= 4 is 11.6 Å². The lowest BCUT2D eigenvalue weighted by molar-refractivity contribution is -0.118. The molecule has 1 atom stereocenters. The summed E-state index contributed by atoms with van der Waals surface area (Å²) in [6.45, 7) is 4.05. The van der Waals surface area contributed by atoms with Crippen LogP contribution in [0.4, 0.5) is 5.69 Å². The molecule has 2 aromatic carbocycles. The molecule has 0 fully saturated rings. The van der Waals surface area contributed by atoms with Crippen LogP contribution >= 0.6 is 0 Å². The Hall–Kier alpha value is -2.33. The minimum Gasteiger partial charge on any atom is -0.497 e. The number of carbonyl (C=O) groups excluding carboxylic acids is 1. The maximum absolute atomic E-state index is 12.6. The van der Waals surface area contributed by atoms with Crippen LogP contribution < -0.4 is 15.4 Å². The first kappa shape index (κ1) is 16.0. The van der Waals surface area contributed by atoms with E-state index in [0.29, 0.717) is 5.75 Å². The van der Waals surface area contributed by atoms with Crippen LogP contribution in [0.25, 0.3) is 0 Å². The summed E-state index contributed by atoms with van der Waals surface area (Å²) in [6, 6.07) is 16.8. The fraction of sp³-hybridized carbons (Fsp3) is 0.278. The van der Waals surface area contributed by atoms with E-state index in [4.69, 9.17) is 4.74 Å². The van der Waals surface area contributed by atoms with Gasteiger partial charge in [0.05, 0.1) is 7.11 Å². The van der Waals surface area contributed by atoms with Crippen LogP contribution in [0.1, 0.15) is 25.5 Å². The summed E-state index contributed by atoms with van der Waals surface area (Å²) < 4.78 is 5.18. The molecular formula is C18H22N2O2. The Morgan fingerprint density at radius 1 is 1.05 bits per heavy atom. The normalized spacial score (nSPS) is 12.0. The zero-order valence-corrected chi connectivity index (χ0v) is 13.2. The number of ether oxygens (including phenoxy) is 1. The van der Waals surface area contributed by atoms with Crippen LogP contribution in [0.5, 0.6) is 5.75 Å². The van der Waals surface area contributed by atoms with E-state index in [1.165, 1.54) is 0 Å². The largest absolute Gasteiger partial charge is 0.497 e. The molecule has 0 aliphatic heterocycles. The van der Waals surface area contributed by atoms with Crippen LogP contribution in [0.15, 0.2) is 54.6 Å². The van der Waals surface area contributed by atoms with Crippen LogP contribution in [-0.4, -0.2) is 19.1 Å². The number of anilines is 1. The monoisotopic (exact) mass is 298 g/mol. The third-order valence-corrected chi connectivity index (χ3v) is 3.23. The Balaban J connectivity index is 2.18. The molecule has 0 spiro atoms. The number of carbonyl (C=O) groups is 1. The first-order valence-corrected chi connectivity index (χ1v) is 7.36. The first-order chi connectivity index (χ1) is 10.6. The molecule has 116 valence electrons. The third-order valence-electron chi connectivity index (χ3n) is 3.23. The zero-order valence-electron chi connectivity index (χ0n) is 13.2. The molecule has 0 aromatic heterocycles. The fourth-order valence-electron chi connectivity index (χ4n) is 2.22. The molecule has 2 aromatic rings. The van der Waals surface area contributed by atoms with Gasteiger partial charge in [-0.25, -0.2) is 0 Å². The van der Waals surface area contributed by atoms with Crippen LogP contribution in [-0.2, 0) is 4.79 Å². The molecule has 1 amide bonds. The van der Waals surface area contributed by atoms with Crippen molar-refractivity contribution in [2.75, 3.05) is 12.4 Å². The highest BCUT2D eigenvalue weighted by atomic mass is 16.5. The van der Waals surface area contributed by atoms with Gasteiger partial charge in [-0.1, -0.05) is 36.4 Å². The predicted octanol–water partition coefficient (Wildman–Crippen LogP) is 3.37. The van der Waals surface area contributed by atoms with Gasteiger partial charge in [-0.05, 0) is 31.5 Å². The maximum atomic E-state index is 12.6. The van der Waals surface area contributed by atoms with Crippen LogP contribution in [0, 0.1) is 0 Å². The van der Waals surface area contributed by atoms with Crippen molar-refractivity contribution < 1.29 is 9.53 Å². The van der Waals surface area contributed by atoms with Crippen molar-refractivity contribution in [1.82, 2.24) is 5.32 Å². The summed E-state index contributed by atoms with van der Waals surface area (Å²) in [5.74, 6) is 0.624. The van der Waals surface area contributed by atoms with Crippen molar-refractivity contribution in [3.8, 4) is 5.75 Å². The van der Waals surface area contributed by atoms with Crippen LogP contribution in [0.2, 0.25) is 0 Å². The fourth-order valence-corrected chi connectivity index (χ4v) is 2.22. The van der Waals surface area contributed by atoms with E-state index in [-0.39, 0.29) is 11.9 Å². The molecule has 22 heavy (non-hydrogen) atoms. The van der Waals surface area contributed by atoms with Crippen molar-refractivity contribution in [3.05, 3.63) is 60.2 Å². The van der Waals surface area contributed by atoms with Gasteiger partial charge in [0.25, 0.3) is 0 Å². The second-order valence-corrected chi connectivity index (χ2v) is 5.39. The van der Waals surface area contributed by atoms with Crippen LogP contribution in [0.3, 0.4) is 0 Å². The van der Waals surface area contributed by atoms with E-state index < -0.39 is 6.04 Å². The lowest BCUT2D eigenvalue weighted by Crippen LogP contribution is -2.36. The Morgan fingerprint density at radius 2 is 1.77 bits per heavy atom. The Kier molecular flexibility index (Phi) is 5.55. The van der Waals surface area contributed by atoms with Gasteiger partial charge in [-0.2, -0.15) is 0 Å². The number of nitrogens with one attached hydrogen (secondary N) is 2. The minimum atomic E-state index is -0.396. The highest BCUT2D eigenvalue weighted by Crippen LogP contribution is 2.20. The molecule has 2 N–H and O–H groups in total. The second kappa shape index (κ2) is 7.61. The van der Waals surface area contributed by atoms with Crippen molar-refractivity contribution in [2.45, 2.75) is 25.9 Å². The lowest BCUT2D eigenvalue weighted by Gasteiger charge is -2.21. The van der Waals surface area contributed by atoms with Gasteiger partial charge >= 0.3 is 0 Å². The van der Waals surface area contributed by atoms with E-state index in [9.17, 15) is 4.79 Å². The summed E-state index contributed by atoms with van der Waals surface area (Å²) in [4.78, 5) is 12.6. The number of methoxy groups -OCH3 is 1. The van der Waals surface area contributed by atoms with E-state index in [1.54, 1.807) is 13.2 Å². The Labute approximate surface area is 131 Å². The van der Waals surface area contributed by atoms with Gasteiger partial charge in [-0.15, -0.1) is 0 Å². The molecular weight excluding hydrogens is 276 g/mol. The maximum Gasteiger partial charge on any atom is 0.246 e. The number of hydrogen-bond donors (Lipinski definition) is 2. The first-order valence-electron chi connectivity index (χ1n) is 7.36. The molecule has 0 aliphatic rings. The van der Waals surface area contributed by atoms with Gasteiger partial charge in [0.1, 0.15) is 11.8 Å². The molecule has 2 rings (SSSR count). The highest BCUT2D eigenvalue weighted by Gasteiger charge is 2.21. The molecule has 0 aliphatic carbocycles. The van der Waals surface area contributed by atoms with Crippen molar-refractivity contribution in [1.29, 1.82) is 0 Å². The molecule has 0 unspecified atom stereocenters. The SMILES string of the molecule is COc1cccc(NC(=O)[C@H](NC(C)C)c2ccccc2)c1. The summed E-state index contributed by atoms with van der Waals surface area (Å²) in [7, 11) is 1.61. The molecule has 4 heteroatoms. The average molecular weight is 298 g/mol. The van der Waals surface area contributed by atoms with Gasteiger partial charge < -0.3 is 10.1 Å². The van der Waals surface area contributed by atoms with Crippen molar-refractivity contribution in [3.63, 3.8) is 0 Å². The highest BCUT2D eigenvalue weighted by molar-refractivity contribution is 5.95. The summed E-state index contributed by atoms with van der Waals surface area (Å²) in [5.41, 5.74) is 1.66. The topological polar surface area (TPSA) is 50.4 Å². The third kappa shape index (κ3) is 4.33. The average Bonchev–Trinajstić information content (AvgIpc) is 2.53. The lowest BCUT2D eigenvalue weighted by atomic mass is 10.1. The Morgan fingerprint density at radius 3 is 2.41 bits per heavy atom. The van der Waals surface area contributed by atoms with E-state index in [1.807, 2.05) is 62.4 Å². The quantitative estimate of drug-likeness (QED) is 0.859. The number of hydrogen-bond acceptors (Lipinski definition) is 3. The second-order valence-electron chi connectivity index (χ2n) is 5.39. The summed E-state index contributed by atoms with van der Waals surface area (Å²) in [5, 5.41) is 6.24. The Bertz CT molecular complexity index is 611. The molecule has 0 saturated carbocycles. The number of benzene rings is 2. The zero-order chi connectivity index (χ0) is 15.9. The standard InChI is InChI=1S/C18H22N2O2/c1-13(2)19-17(14-8-5-4-6-9-14)18(21)20-15-10-7-11-16(12-15)22-3/h4-13,17,19H,1-3H3,(H,20,21)/t17-/m1/s1. The molecule has 4 nitrogen and oxygen atoms in total. The summed E-state index contributed by atoms with van der Waals surface area (Å²) >= 11 is 0. The molecule has 0 radical (unpaired) electrons. The number of amides is 1. The molecule has 0 heterocycles. The van der Waals surface area contributed by atoms with E-state index in [2.05, 4.69) is 10.6 Å². The van der Waals surface area contributed by atoms with Gasteiger partial charge in [-0.3, -0.25) is 10.1 Å². The van der Waals surface area contributed by atoms with Gasteiger partial charge in [0, 0.05) is 17.8 Å². The molecule has 0 saturated heterocycles. The number of rotatable bonds is 6. The van der Waals surface area contributed by atoms with Crippen molar-refractivity contribution in [2.24, 2.45) is 0 Å². The van der Waals surface area contributed by atoms with Gasteiger partial charge in [0.15, 0.2) is 0 Å². The predicted molar refractivity (Wildman–Crippen MR) is 89.1 cm³/mol.